The number of nitrogens with zero attached hydrogens (tertiary/aromatic N) is 6. The summed E-state index contributed by atoms with van der Waals surface area (Å²) in [5, 5.41) is 10.3. The summed E-state index contributed by atoms with van der Waals surface area (Å²) in [5.41, 5.74) is 19.1. The molecule has 457 valence electrons. The number of halogens is 1. The first-order valence-electron chi connectivity index (χ1n) is 30.8. The van der Waals surface area contributed by atoms with Crippen LogP contribution >= 0.6 is 0 Å². The van der Waals surface area contributed by atoms with Gasteiger partial charge in [-0.15, -0.1) is 41.1 Å². The Bertz CT molecular complexity index is 4300. The van der Waals surface area contributed by atoms with Gasteiger partial charge in [0.2, 0.25) is 0 Å². The fourth-order valence-corrected chi connectivity index (χ4v) is 13.2. The number of rotatable bonds is 11. The summed E-state index contributed by atoms with van der Waals surface area (Å²) in [7, 11) is -2.59. The molecule has 0 spiro atoms. The Morgan fingerprint density at radius 3 is 1.61 bits per heavy atom. The largest absolute Gasteiger partial charge is 0.661 e. The topological polar surface area (TPSA) is 82.0 Å². The quantitative estimate of drug-likeness (QED) is 0.0948. The fourth-order valence-electron chi connectivity index (χ4n) is 11.1. The number of para-hydroxylation sites is 2. The minimum Gasteiger partial charge on any atom is -0.661 e. The van der Waals surface area contributed by atoms with Gasteiger partial charge in [-0.3, -0.25) is 4.39 Å². The summed E-state index contributed by atoms with van der Waals surface area (Å²) in [6, 6.07) is 73.3. The van der Waals surface area contributed by atoms with Gasteiger partial charge in [0.25, 0.3) is 0 Å². The van der Waals surface area contributed by atoms with Gasteiger partial charge in [-0.2, -0.15) is 18.2 Å². The zero-order valence-electron chi connectivity index (χ0n) is 53.7. The number of furan rings is 1. The second kappa shape index (κ2) is 26.9. The SMILES string of the molecule is CC(C)(C)c1n[c-]c(-c2ccc([Si](C)(C)C)cn2)cn1.CC(C)c1cc(-c2ccc(-c3ccccc3)cc2)cc(C(C)C)c1N1c2ccccc2[N-]C1c1[c-]ccc2c1oc1cc(-c3ccccc3)ccc12.C[Si](C)(C)c1ccc(-c2[c-]cc(F)cc2)nc1.[Ir]. The second-order valence-electron chi connectivity index (χ2n) is 26.7. The zero-order valence-corrected chi connectivity index (χ0v) is 58.1. The first-order valence-corrected chi connectivity index (χ1v) is 37.8. The maximum absolute atomic E-state index is 12.8. The number of hydrogen-bond acceptors (Lipinski definition) is 6. The van der Waals surface area contributed by atoms with E-state index in [9.17, 15) is 4.39 Å². The predicted octanol–water partition coefficient (Wildman–Crippen LogP) is 20.9. The monoisotopic (exact) mass is 1390 g/mol. The Kier molecular flexibility index (Phi) is 19.3. The van der Waals surface area contributed by atoms with E-state index in [-0.39, 0.29) is 49.3 Å². The van der Waals surface area contributed by atoms with Crippen LogP contribution < -0.4 is 15.3 Å². The van der Waals surface area contributed by atoms with E-state index in [0.717, 1.165) is 72.8 Å². The van der Waals surface area contributed by atoms with E-state index in [0.29, 0.717) is 0 Å². The van der Waals surface area contributed by atoms with E-state index in [1.807, 2.05) is 42.9 Å². The van der Waals surface area contributed by atoms with Gasteiger partial charge >= 0.3 is 0 Å². The first-order chi connectivity index (χ1) is 42.6. The van der Waals surface area contributed by atoms with Crippen molar-refractivity contribution in [2.24, 2.45) is 0 Å². The van der Waals surface area contributed by atoms with Crippen LogP contribution in [0.15, 0.2) is 217 Å². The van der Waals surface area contributed by atoms with Crippen LogP contribution in [0.25, 0.3) is 83.2 Å². The molecule has 11 heteroatoms. The van der Waals surface area contributed by atoms with E-state index in [1.54, 1.807) is 6.07 Å². The van der Waals surface area contributed by atoms with Gasteiger partial charge in [0.15, 0.2) is 0 Å². The summed E-state index contributed by atoms with van der Waals surface area (Å²) in [5.74, 6) is 1.08. The van der Waals surface area contributed by atoms with Gasteiger partial charge in [0.05, 0.1) is 16.1 Å². The van der Waals surface area contributed by atoms with Crippen LogP contribution in [0.1, 0.15) is 89.0 Å². The normalized spacial score (nSPS) is 13.1. The molecule has 0 saturated heterocycles. The number of pyridine rings is 2. The summed E-state index contributed by atoms with van der Waals surface area (Å²) in [6.07, 6.45) is 8.43. The first kappa shape index (κ1) is 64.5. The van der Waals surface area contributed by atoms with Crippen molar-refractivity contribution in [3.63, 3.8) is 0 Å². The molecule has 0 fully saturated rings. The Balaban J connectivity index is 0.000000191. The minimum atomic E-state index is -1.30. The molecule has 1 aliphatic heterocycles. The van der Waals surface area contributed by atoms with E-state index in [1.165, 1.54) is 67.1 Å². The van der Waals surface area contributed by atoms with Gasteiger partial charge in [-0.25, -0.2) is 0 Å². The molecule has 0 saturated carbocycles. The Labute approximate surface area is 547 Å². The third-order valence-electron chi connectivity index (χ3n) is 16.3. The van der Waals surface area contributed by atoms with Crippen molar-refractivity contribution in [1.29, 1.82) is 0 Å². The summed E-state index contributed by atoms with van der Waals surface area (Å²) >= 11 is 0. The van der Waals surface area contributed by atoms with Crippen LogP contribution in [0.5, 0.6) is 0 Å². The Morgan fingerprint density at radius 1 is 0.544 bits per heavy atom. The van der Waals surface area contributed by atoms with E-state index < -0.39 is 16.1 Å². The molecule has 1 aliphatic rings. The van der Waals surface area contributed by atoms with Crippen LogP contribution in [-0.4, -0.2) is 36.1 Å². The maximum atomic E-state index is 12.8. The van der Waals surface area contributed by atoms with Gasteiger partial charge in [-0.1, -0.05) is 244 Å². The molecule has 5 heterocycles. The molecule has 0 N–H and O–H groups in total. The number of fused-ring (bicyclic) bond motifs is 4. The van der Waals surface area contributed by atoms with Gasteiger partial charge < -0.3 is 34.6 Å². The molecule has 12 aromatic rings. The molecule has 0 amide bonds. The van der Waals surface area contributed by atoms with Crippen molar-refractivity contribution in [1.82, 2.24) is 19.9 Å². The van der Waals surface area contributed by atoms with Gasteiger partial charge in [0, 0.05) is 66.5 Å². The van der Waals surface area contributed by atoms with Crippen molar-refractivity contribution in [3.8, 4) is 55.9 Å². The van der Waals surface area contributed by atoms with Gasteiger partial charge in [-0.05, 0) is 120 Å². The molecule has 1 radical (unpaired) electrons. The maximum Gasteiger partial charge on any atom is 0.117 e. The molecule has 0 aliphatic carbocycles. The summed E-state index contributed by atoms with van der Waals surface area (Å²) < 4.78 is 19.6. The molecule has 0 bridgehead atoms. The van der Waals surface area contributed by atoms with Crippen LogP contribution in [0.3, 0.4) is 0 Å². The molecular weight excluding hydrogens is 1320 g/mol. The van der Waals surface area contributed by atoms with Gasteiger partial charge in [0.1, 0.15) is 5.58 Å². The molecule has 13 rings (SSSR count). The van der Waals surface area contributed by atoms with Crippen LogP contribution in [-0.2, 0) is 25.5 Å². The molecule has 90 heavy (non-hydrogen) atoms. The Morgan fingerprint density at radius 2 is 1.09 bits per heavy atom. The average molecular weight is 1390 g/mol. The molecule has 1 unspecified atom stereocenters. The number of aromatic nitrogens is 4. The minimum absolute atomic E-state index is 0. The van der Waals surface area contributed by atoms with Crippen molar-refractivity contribution in [3.05, 3.63) is 265 Å². The third-order valence-corrected chi connectivity index (χ3v) is 20.4. The van der Waals surface area contributed by atoms with Crippen LogP contribution in [0, 0.1) is 24.1 Å². The van der Waals surface area contributed by atoms with Crippen LogP contribution in [0.4, 0.5) is 21.5 Å². The smallest absolute Gasteiger partial charge is 0.117 e. The average Bonchev–Trinajstić information content (AvgIpc) is 1.54. The standard InChI is InChI=1S/C49H40N2O.C16H22N3Si.C14H15FNSi.Ir/c1-31(2)42-28-38(36-24-22-35(23-25-36)33-14-7-5-8-15-33)29-43(32(3)4)47(42)51-45-21-12-11-20-44(45)50-49(51)41-19-13-18-40-39-27-26-37(30-46(39)52-48(40)41)34-16-9-6-10-17-34;1-16(2,3)15-18-9-12(10-19-15)14-8-7-13(11-17-14)20(4,5)6;1-17(2,3)13-8-9-14(16-10-13)11-4-6-12(15)7-5-11;/h5-18,20-32,49H,1-4H3;7-9,11H,1-6H3;4,6-10H,1-3H3;/q-2;2*-1;. The molecule has 7 nitrogen and oxygen atoms in total. The number of hydrogen-bond donors (Lipinski definition) is 0. The van der Waals surface area contributed by atoms with Crippen molar-refractivity contribution in [2.45, 2.75) is 111 Å². The van der Waals surface area contributed by atoms with Crippen LogP contribution in [0.2, 0.25) is 39.3 Å². The summed E-state index contributed by atoms with van der Waals surface area (Å²) in [4.78, 5) is 20.2. The summed E-state index contributed by atoms with van der Waals surface area (Å²) in [6.45, 7) is 29.3. The molecule has 8 aromatic carbocycles. The third kappa shape index (κ3) is 14.3. The fraction of sp³-hybridized carbons (Fsp3) is 0.215. The second-order valence-corrected chi connectivity index (χ2v) is 36.8. The van der Waals surface area contributed by atoms with Crippen molar-refractivity contribution < 1.29 is 28.9 Å². The zero-order chi connectivity index (χ0) is 62.8. The number of anilines is 2. The van der Waals surface area contributed by atoms with E-state index in [4.69, 9.17) is 9.73 Å². The Hall–Kier alpha value is -8.45. The number of benzene rings is 8. The molecule has 4 aromatic heterocycles. The van der Waals surface area contributed by atoms with E-state index >= 15 is 0 Å². The predicted molar refractivity (Wildman–Crippen MR) is 375 cm³/mol. The molecule has 1 atom stereocenters. The van der Waals surface area contributed by atoms with Crippen molar-refractivity contribution >= 4 is 65.5 Å². The molecular formula is C79H77FIrN6OSi2-4. The van der Waals surface area contributed by atoms with Crippen molar-refractivity contribution in [2.75, 3.05) is 4.90 Å². The van der Waals surface area contributed by atoms with E-state index in [2.05, 4.69) is 283 Å².